The number of aromatic nitrogens is 1. The van der Waals surface area contributed by atoms with E-state index in [1.807, 2.05) is 0 Å². The van der Waals surface area contributed by atoms with Crippen molar-refractivity contribution in [3.05, 3.63) is 35.6 Å². The van der Waals surface area contributed by atoms with Crippen molar-refractivity contribution >= 4 is 19.4 Å². The van der Waals surface area contributed by atoms with Crippen LogP contribution in [-0.4, -0.2) is 24.2 Å². The van der Waals surface area contributed by atoms with Crippen molar-refractivity contribution in [2.45, 2.75) is 19.4 Å². The first-order chi connectivity index (χ1) is 7.02. The van der Waals surface area contributed by atoms with Crippen molar-refractivity contribution in [1.82, 2.24) is 4.98 Å². The van der Waals surface area contributed by atoms with Crippen molar-refractivity contribution in [3.8, 4) is 0 Å². The fraction of sp³-hybridized carbons (Fsp3) is 0.273. The Morgan fingerprint density at radius 3 is 2.40 bits per heavy atom. The number of pyridine rings is 1. The summed E-state index contributed by atoms with van der Waals surface area (Å²) >= 11 is 0. The molecule has 1 aromatic rings. The van der Waals surface area contributed by atoms with Gasteiger partial charge in [-0.25, -0.2) is 0 Å². The van der Waals surface area contributed by atoms with Crippen molar-refractivity contribution in [1.29, 1.82) is 0 Å². The van der Waals surface area contributed by atoms with Crippen LogP contribution in [0.25, 0.3) is 5.76 Å². The molecule has 0 N–H and O–H groups in total. The van der Waals surface area contributed by atoms with Crippen LogP contribution in [0.4, 0.5) is 0 Å². The summed E-state index contributed by atoms with van der Waals surface area (Å²) in [6.45, 7) is 3.41. The molecule has 0 bridgehead atoms. The van der Waals surface area contributed by atoms with Crippen molar-refractivity contribution in [3.63, 3.8) is 0 Å². The second-order valence-corrected chi connectivity index (χ2v) is 3.92. The molecule has 0 atom stereocenters. The maximum atomic E-state index is 11.7. The average Bonchev–Trinajstić information content (AvgIpc) is 2.44. The van der Waals surface area contributed by atoms with Crippen molar-refractivity contribution in [2.75, 3.05) is 0 Å². The smallest absolute Gasteiger partial charge is 0.195 e. The highest BCUT2D eigenvalue weighted by Gasteiger charge is 2.39. The van der Waals surface area contributed by atoms with Crippen LogP contribution in [0.15, 0.2) is 30.0 Å². The highest BCUT2D eigenvalue weighted by atomic mass is 16.5. The minimum absolute atomic E-state index is 0.172. The molecule has 0 spiro atoms. The number of ether oxygens (including phenoxy) is 1. The van der Waals surface area contributed by atoms with Gasteiger partial charge in [-0.15, -0.1) is 0 Å². The van der Waals surface area contributed by atoms with E-state index in [4.69, 9.17) is 12.6 Å². The maximum absolute atomic E-state index is 11.7. The molecule has 3 nitrogen and oxygen atoms in total. The zero-order chi connectivity index (χ0) is 11.1. The van der Waals surface area contributed by atoms with Gasteiger partial charge in [0, 0.05) is 18.0 Å². The summed E-state index contributed by atoms with van der Waals surface area (Å²) in [5.41, 5.74) is 0.107. The Balaban J connectivity index is 2.45. The third kappa shape index (κ3) is 1.56. The van der Waals surface area contributed by atoms with E-state index >= 15 is 0 Å². The monoisotopic (exact) mass is 199 g/mol. The minimum Gasteiger partial charge on any atom is -0.480 e. The number of carbonyl (C=O) groups excluding carboxylic acids is 1. The van der Waals surface area contributed by atoms with Crippen molar-refractivity contribution in [2.24, 2.45) is 0 Å². The van der Waals surface area contributed by atoms with E-state index in [0.29, 0.717) is 5.76 Å². The van der Waals surface area contributed by atoms with Crippen LogP contribution in [0.5, 0.6) is 0 Å². The van der Waals surface area contributed by atoms with Crippen LogP contribution in [0.2, 0.25) is 0 Å². The predicted molar refractivity (Wildman–Crippen MR) is 57.1 cm³/mol. The third-order valence-electron chi connectivity index (χ3n) is 2.34. The lowest BCUT2D eigenvalue weighted by Crippen LogP contribution is -2.29. The number of nitrogens with zero attached hydrogens (tertiary/aromatic N) is 1. The molecule has 1 aromatic heterocycles. The van der Waals surface area contributed by atoms with Gasteiger partial charge in [0.25, 0.3) is 0 Å². The summed E-state index contributed by atoms with van der Waals surface area (Å²) in [6.07, 6.45) is 3.27. The van der Waals surface area contributed by atoms with Crippen LogP contribution >= 0.6 is 0 Å². The summed E-state index contributed by atoms with van der Waals surface area (Å²) < 4.78 is 5.54. The fourth-order valence-electron chi connectivity index (χ4n) is 1.50. The summed E-state index contributed by atoms with van der Waals surface area (Å²) in [5, 5.41) is 0. The van der Waals surface area contributed by atoms with E-state index in [1.165, 1.54) is 0 Å². The molecule has 2 radical (unpaired) electrons. The van der Waals surface area contributed by atoms with Crippen LogP contribution in [0.3, 0.4) is 0 Å². The quantitative estimate of drug-likeness (QED) is 0.639. The molecule has 1 aliphatic rings. The van der Waals surface area contributed by atoms with E-state index in [0.717, 1.165) is 5.56 Å². The molecule has 2 heterocycles. The lowest BCUT2D eigenvalue weighted by molar-refractivity contribution is -0.126. The molecular weight excluding hydrogens is 189 g/mol. The fourth-order valence-corrected chi connectivity index (χ4v) is 1.50. The van der Waals surface area contributed by atoms with Gasteiger partial charge in [-0.1, -0.05) is 0 Å². The number of ketones is 1. The average molecular weight is 199 g/mol. The minimum atomic E-state index is -0.858. The van der Waals surface area contributed by atoms with Gasteiger partial charge in [-0.3, -0.25) is 9.78 Å². The van der Waals surface area contributed by atoms with Crippen LogP contribution in [-0.2, 0) is 9.53 Å². The lowest BCUT2D eigenvalue weighted by Gasteiger charge is -2.18. The van der Waals surface area contributed by atoms with Gasteiger partial charge >= 0.3 is 0 Å². The van der Waals surface area contributed by atoms with Gasteiger partial charge in [-0.05, 0) is 31.5 Å². The largest absolute Gasteiger partial charge is 0.480 e. The Kier molecular flexibility index (Phi) is 2.14. The van der Waals surface area contributed by atoms with Crippen molar-refractivity contribution < 1.29 is 9.53 Å². The van der Waals surface area contributed by atoms with E-state index in [-0.39, 0.29) is 11.3 Å². The zero-order valence-corrected chi connectivity index (χ0v) is 8.65. The molecule has 0 fully saturated rings. The number of Topliss-reactive ketones (excluding diaryl/α,β-unsaturated/α-hetero) is 1. The van der Waals surface area contributed by atoms with Gasteiger partial charge in [0.2, 0.25) is 0 Å². The molecule has 0 aliphatic carbocycles. The molecule has 15 heavy (non-hydrogen) atoms. The van der Waals surface area contributed by atoms with Gasteiger partial charge < -0.3 is 4.74 Å². The number of rotatable bonds is 1. The first kappa shape index (κ1) is 9.96. The highest BCUT2D eigenvalue weighted by molar-refractivity contribution is 6.42. The highest BCUT2D eigenvalue weighted by Crippen LogP contribution is 2.34. The summed E-state index contributed by atoms with van der Waals surface area (Å²) in [6, 6.07) is 3.52. The first-order valence-corrected chi connectivity index (χ1v) is 4.66. The Hall–Kier alpha value is -1.58. The second-order valence-electron chi connectivity index (χ2n) is 3.92. The van der Waals surface area contributed by atoms with E-state index in [9.17, 15) is 4.79 Å². The Morgan fingerprint density at radius 2 is 1.93 bits per heavy atom. The predicted octanol–water partition coefficient (Wildman–Crippen LogP) is 1.30. The molecule has 1 aliphatic heterocycles. The van der Waals surface area contributed by atoms with Gasteiger partial charge in [-0.2, -0.15) is 0 Å². The van der Waals surface area contributed by atoms with Gasteiger partial charge in [0.05, 0.1) is 0 Å². The summed E-state index contributed by atoms with van der Waals surface area (Å²) in [4.78, 5) is 15.6. The van der Waals surface area contributed by atoms with Gasteiger partial charge in [0.1, 0.15) is 13.6 Å². The molecule has 0 unspecified atom stereocenters. The van der Waals surface area contributed by atoms with Crippen LogP contribution in [0.1, 0.15) is 19.4 Å². The summed E-state index contributed by atoms with van der Waals surface area (Å²) in [7, 11) is 5.71. The molecule has 2 rings (SSSR count). The Bertz CT molecular complexity index is 437. The molecule has 0 saturated carbocycles. The third-order valence-corrected chi connectivity index (χ3v) is 2.34. The molecule has 4 heteroatoms. The SMILES string of the molecule is [B]C1=C(c2ccncc2)OC(C)(C)C1=O. The second kappa shape index (κ2) is 3.23. The number of carbonyl (C=O) groups is 1. The van der Waals surface area contributed by atoms with E-state index < -0.39 is 5.60 Å². The lowest BCUT2D eigenvalue weighted by atomic mass is 9.85. The maximum Gasteiger partial charge on any atom is 0.195 e. The zero-order valence-electron chi connectivity index (χ0n) is 8.65. The standard InChI is InChI=1S/C11H10BNO2/c1-11(2)10(14)8(12)9(15-11)7-3-5-13-6-4-7/h3-6H,1-2H3. The van der Waals surface area contributed by atoms with Gasteiger partial charge in [0.15, 0.2) is 11.4 Å². The number of hydrogen-bond acceptors (Lipinski definition) is 3. The normalized spacial score (nSPS) is 19.2. The van der Waals surface area contributed by atoms with E-state index in [2.05, 4.69) is 4.98 Å². The van der Waals surface area contributed by atoms with E-state index in [1.54, 1.807) is 38.4 Å². The molecule has 0 amide bonds. The molecule has 0 aromatic carbocycles. The number of hydrogen-bond donors (Lipinski definition) is 0. The Labute approximate surface area is 89.6 Å². The van der Waals surface area contributed by atoms with Crippen LogP contribution < -0.4 is 0 Å². The molecular formula is C11H10BNO2. The first-order valence-electron chi connectivity index (χ1n) is 4.66. The topological polar surface area (TPSA) is 39.2 Å². The summed E-state index contributed by atoms with van der Waals surface area (Å²) in [5.74, 6) is 0.279. The molecule has 0 saturated heterocycles. The Morgan fingerprint density at radius 1 is 1.33 bits per heavy atom. The molecule has 74 valence electrons. The van der Waals surface area contributed by atoms with Crippen LogP contribution in [0, 0.1) is 0 Å².